The van der Waals surface area contributed by atoms with Crippen LogP contribution in [0, 0.1) is 11.8 Å². The van der Waals surface area contributed by atoms with Gasteiger partial charge in [-0.25, -0.2) is 4.79 Å². The Morgan fingerprint density at radius 2 is 1.87 bits per heavy atom. The summed E-state index contributed by atoms with van der Waals surface area (Å²) in [7, 11) is 2.57. The Morgan fingerprint density at radius 1 is 1.13 bits per heavy atom. The molecule has 0 aromatic heterocycles. The van der Waals surface area contributed by atoms with Crippen LogP contribution < -0.4 is 14.8 Å². The van der Waals surface area contributed by atoms with Crippen LogP contribution in [0.1, 0.15) is 31.7 Å². The van der Waals surface area contributed by atoms with Crippen molar-refractivity contribution in [3.8, 4) is 11.5 Å². The number of dihydropyridines is 1. The molecule has 0 saturated heterocycles. The van der Waals surface area contributed by atoms with E-state index < -0.39 is 23.8 Å². The molecule has 1 aromatic rings. The van der Waals surface area contributed by atoms with Gasteiger partial charge in [0.1, 0.15) is 5.92 Å². The smallest absolute Gasteiger partial charge is 0.336 e. The molecule has 1 aliphatic carbocycles. The molecule has 8 heteroatoms. The van der Waals surface area contributed by atoms with Crippen molar-refractivity contribution >= 4 is 17.7 Å². The highest BCUT2D eigenvalue weighted by Crippen LogP contribution is 2.47. The van der Waals surface area contributed by atoms with Gasteiger partial charge in [0.2, 0.25) is 6.79 Å². The number of fused-ring (bicyclic) bond motifs is 1. The van der Waals surface area contributed by atoms with Crippen LogP contribution in [-0.4, -0.2) is 38.7 Å². The molecule has 2 aliphatic heterocycles. The van der Waals surface area contributed by atoms with Crippen molar-refractivity contribution in [3.05, 3.63) is 46.3 Å². The van der Waals surface area contributed by atoms with E-state index in [0.717, 1.165) is 0 Å². The maximum atomic E-state index is 13.5. The van der Waals surface area contributed by atoms with Gasteiger partial charge >= 0.3 is 11.9 Å². The number of carbonyl (C=O) groups is 3. The summed E-state index contributed by atoms with van der Waals surface area (Å²) in [5.41, 5.74) is 2.70. The average Bonchev–Trinajstić information content (AvgIpc) is 3.19. The Morgan fingerprint density at radius 3 is 2.57 bits per heavy atom. The third-order valence-corrected chi connectivity index (χ3v) is 5.88. The van der Waals surface area contributed by atoms with Gasteiger partial charge in [-0.3, -0.25) is 9.59 Å². The zero-order valence-corrected chi connectivity index (χ0v) is 17.2. The van der Waals surface area contributed by atoms with Gasteiger partial charge in [0.15, 0.2) is 17.3 Å². The highest BCUT2D eigenvalue weighted by molar-refractivity contribution is 6.12. The van der Waals surface area contributed by atoms with Crippen molar-refractivity contribution in [1.82, 2.24) is 5.32 Å². The molecule has 0 saturated carbocycles. The normalized spacial score (nSPS) is 24.9. The minimum Gasteiger partial charge on any atom is -0.468 e. The van der Waals surface area contributed by atoms with E-state index in [4.69, 9.17) is 18.9 Å². The van der Waals surface area contributed by atoms with E-state index in [1.165, 1.54) is 14.2 Å². The summed E-state index contributed by atoms with van der Waals surface area (Å²) < 4.78 is 20.8. The fourth-order valence-electron chi connectivity index (χ4n) is 4.49. The molecule has 2 heterocycles. The molecule has 3 atom stereocenters. The molecule has 4 rings (SSSR count). The fourth-order valence-corrected chi connectivity index (χ4v) is 4.49. The minimum absolute atomic E-state index is 0.110. The summed E-state index contributed by atoms with van der Waals surface area (Å²) in [4.78, 5) is 38.6. The topological polar surface area (TPSA) is 100 Å². The van der Waals surface area contributed by atoms with Gasteiger partial charge in [-0.05, 0) is 37.0 Å². The molecule has 158 valence electrons. The summed E-state index contributed by atoms with van der Waals surface area (Å²) in [5, 5.41) is 3.20. The van der Waals surface area contributed by atoms with E-state index in [9.17, 15) is 14.4 Å². The molecule has 1 aromatic carbocycles. The number of ether oxygens (including phenoxy) is 4. The van der Waals surface area contributed by atoms with Crippen LogP contribution in [0.5, 0.6) is 11.5 Å². The lowest BCUT2D eigenvalue weighted by molar-refractivity contribution is -0.151. The zero-order chi connectivity index (χ0) is 21.6. The third-order valence-electron chi connectivity index (χ3n) is 5.88. The third kappa shape index (κ3) is 3.03. The molecule has 1 N–H and O–H groups in total. The quantitative estimate of drug-likeness (QED) is 0.595. The van der Waals surface area contributed by atoms with Crippen LogP contribution in [-0.2, 0) is 23.9 Å². The number of methoxy groups -OCH3 is 2. The molecule has 30 heavy (non-hydrogen) atoms. The highest BCUT2D eigenvalue weighted by atomic mass is 16.7. The first-order valence-corrected chi connectivity index (χ1v) is 9.68. The Hall–Kier alpha value is -3.29. The number of benzene rings is 1. The van der Waals surface area contributed by atoms with Gasteiger partial charge < -0.3 is 24.3 Å². The predicted octanol–water partition coefficient (Wildman–Crippen LogP) is 2.20. The predicted molar refractivity (Wildman–Crippen MR) is 104 cm³/mol. The molecule has 0 radical (unpaired) electrons. The van der Waals surface area contributed by atoms with Gasteiger partial charge in [-0.15, -0.1) is 0 Å². The van der Waals surface area contributed by atoms with Gasteiger partial charge in [0, 0.05) is 22.9 Å². The van der Waals surface area contributed by atoms with Gasteiger partial charge in [0.05, 0.1) is 19.8 Å². The van der Waals surface area contributed by atoms with Gasteiger partial charge in [-0.2, -0.15) is 0 Å². The SMILES string of the molecule is COC(=O)C1=C(C)NC2=C(C(=O)[C@@H](C(=O)OC)[C@@H](C)C2)[C@@H]1c1ccc2c(c1)OCO2. The summed E-state index contributed by atoms with van der Waals surface area (Å²) >= 11 is 0. The maximum Gasteiger partial charge on any atom is 0.336 e. The second kappa shape index (κ2) is 7.51. The first-order chi connectivity index (χ1) is 14.4. The largest absolute Gasteiger partial charge is 0.468 e. The van der Waals surface area contributed by atoms with Crippen molar-refractivity contribution in [2.24, 2.45) is 11.8 Å². The van der Waals surface area contributed by atoms with E-state index >= 15 is 0 Å². The van der Waals surface area contributed by atoms with Gasteiger partial charge in [0.25, 0.3) is 0 Å². The first-order valence-electron chi connectivity index (χ1n) is 9.68. The molecule has 0 bridgehead atoms. The van der Waals surface area contributed by atoms with E-state index in [0.29, 0.717) is 46.0 Å². The van der Waals surface area contributed by atoms with Crippen LogP contribution in [0.2, 0.25) is 0 Å². The first kappa shape index (κ1) is 20.0. The second-order valence-electron chi connectivity index (χ2n) is 7.64. The van der Waals surface area contributed by atoms with Crippen LogP contribution >= 0.6 is 0 Å². The Labute approximate surface area is 173 Å². The van der Waals surface area contributed by atoms with Crippen molar-refractivity contribution < 1.29 is 33.3 Å². The number of ketones is 1. The van der Waals surface area contributed by atoms with E-state index in [2.05, 4.69) is 5.32 Å². The lowest BCUT2D eigenvalue weighted by Crippen LogP contribution is -2.43. The van der Waals surface area contributed by atoms with Crippen molar-refractivity contribution in [2.45, 2.75) is 26.2 Å². The van der Waals surface area contributed by atoms with Crippen molar-refractivity contribution in [2.75, 3.05) is 21.0 Å². The molecule has 0 spiro atoms. The number of carbonyl (C=O) groups excluding carboxylic acids is 3. The number of hydrogen-bond acceptors (Lipinski definition) is 8. The number of Topliss-reactive ketones (excluding diaryl/α,β-unsaturated/α-hetero) is 1. The summed E-state index contributed by atoms with van der Waals surface area (Å²) in [5.74, 6) is -2.19. The summed E-state index contributed by atoms with van der Waals surface area (Å²) in [6.45, 7) is 3.73. The molecule has 3 aliphatic rings. The lowest BCUT2D eigenvalue weighted by Gasteiger charge is -2.38. The number of esters is 2. The molecule has 0 unspecified atom stereocenters. The number of hydrogen-bond donors (Lipinski definition) is 1. The summed E-state index contributed by atoms with van der Waals surface area (Å²) in [6, 6.07) is 5.30. The molecular weight excluding hydrogens is 390 g/mol. The van der Waals surface area contributed by atoms with Crippen LogP contribution in [0.3, 0.4) is 0 Å². The average molecular weight is 413 g/mol. The zero-order valence-electron chi connectivity index (χ0n) is 17.2. The monoisotopic (exact) mass is 413 g/mol. The van der Waals surface area contributed by atoms with E-state index in [-0.39, 0.29) is 18.5 Å². The maximum absolute atomic E-state index is 13.5. The Balaban J connectivity index is 1.88. The van der Waals surface area contributed by atoms with Crippen molar-refractivity contribution in [1.29, 1.82) is 0 Å². The second-order valence-corrected chi connectivity index (χ2v) is 7.64. The lowest BCUT2D eigenvalue weighted by atomic mass is 9.69. The van der Waals surface area contributed by atoms with Gasteiger partial charge in [-0.1, -0.05) is 13.0 Å². The molecule has 0 fully saturated rings. The van der Waals surface area contributed by atoms with E-state index in [1.54, 1.807) is 25.1 Å². The number of allylic oxidation sites excluding steroid dienone is 3. The fraction of sp³-hybridized carbons (Fsp3) is 0.409. The molecule has 0 amide bonds. The molecular formula is C22H23NO7. The van der Waals surface area contributed by atoms with Crippen LogP contribution in [0.25, 0.3) is 0 Å². The Bertz CT molecular complexity index is 1010. The van der Waals surface area contributed by atoms with E-state index in [1.807, 2.05) is 6.92 Å². The molecule has 8 nitrogen and oxygen atoms in total. The summed E-state index contributed by atoms with van der Waals surface area (Å²) in [6.07, 6.45) is 0.480. The standard InChI is InChI=1S/C22H23NO7/c1-10-7-13-19(20(24)16(10)21(25)27-3)18(17(11(2)23-13)22(26)28-4)12-5-6-14-15(8-12)30-9-29-14/h5-6,8,10,16,18,23H,7,9H2,1-4H3/t10-,16-,18+/m0/s1. The number of nitrogens with one attached hydrogen (secondary N) is 1. The van der Waals surface area contributed by atoms with Crippen LogP contribution in [0.15, 0.2) is 40.7 Å². The number of rotatable bonds is 3. The Kier molecular flexibility index (Phi) is 5.01. The minimum atomic E-state index is -0.927. The highest BCUT2D eigenvalue weighted by Gasteiger charge is 2.47. The van der Waals surface area contributed by atoms with Crippen molar-refractivity contribution in [3.63, 3.8) is 0 Å². The van der Waals surface area contributed by atoms with Crippen LogP contribution in [0.4, 0.5) is 0 Å².